The first-order valence-corrected chi connectivity index (χ1v) is 6.97. The molecule has 3 aromatic rings. The van der Waals surface area contributed by atoms with Gasteiger partial charge in [0, 0.05) is 15.4 Å². The molecule has 0 aliphatic carbocycles. The highest BCUT2D eigenvalue weighted by molar-refractivity contribution is 9.10. The van der Waals surface area contributed by atoms with Crippen LogP contribution >= 0.6 is 15.9 Å². The third kappa shape index (κ3) is 2.66. The van der Waals surface area contributed by atoms with Crippen molar-refractivity contribution in [2.75, 3.05) is 0 Å². The number of hydrogen-bond donors (Lipinski definition) is 1. The monoisotopic (exact) mass is 329 g/mol. The van der Waals surface area contributed by atoms with E-state index in [-0.39, 0.29) is 6.61 Å². The fourth-order valence-electron chi connectivity index (χ4n) is 2.00. The molecule has 0 amide bonds. The maximum absolute atomic E-state index is 9.38. The molecule has 2 aromatic carbocycles. The summed E-state index contributed by atoms with van der Waals surface area (Å²) >= 11 is 3.38. The van der Waals surface area contributed by atoms with Gasteiger partial charge in [-0.3, -0.25) is 4.98 Å². The van der Waals surface area contributed by atoms with E-state index < -0.39 is 0 Å². The van der Waals surface area contributed by atoms with Crippen molar-refractivity contribution in [2.45, 2.75) is 6.61 Å². The molecule has 0 atom stereocenters. The Hall–Kier alpha value is -1.91. The van der Waals surface area contributed by atoms with Gasteiger partial charge in [0.25, 0.3) is 0 Å². The molecule has 0 bridgehead atoms. The quantitative estimate of drug-likeness (QED) is 0.779. The van der Waals surface area contributed by atoms with Gasteiger partial charge in [-0.25, -0.2) is 0 Å². The van der Waals surface area contributed by atoms with Gasteiger partial charge < -0.3 is 9.84 Å². The van der Waals surface area contributed by atoms with Crippen molar-refractivity contribution in [2.24, 2.45) is 0 Å². The molecule has 4 heteroatoms. The van der Waals surface area contributed by atoms with Crippen LogP contribution in [0.3, 0.4) is 0 Å². The maximum atomic E-state index is 9.38. The third-order valence-electron chi connectivity index (χ3n) is 2.99. The lowest BCUT2D eigenvalue weighted by Gasteiger charge is -2.10. The van der Waals surface area contributed by atoms with Gasteiger partial charge in [-0.1, -0.05) is 34.1 Å². The van der Waals surface area contributed by atoms with E-state index in [4.69, 9.17) is 4.74 Å². The van der Waals surface area contributed by atoms with Crippen molar-refractivity contribution in [3.63, 3.8) is 0 Å². The van der Waals surface area contributed by atoms with E-state index >= 15 is 0 Å². The predicted octanol–water partition coefficient (Wildman–Crippen LogP) is 4.28. The lowest BCUT2D eigenvalue weighted by Crippen LogP contribution is -1.92. The zero-order valence-electron chi connectivity index (χ0n) is 10.6. The number of ether oxygens (including phenoxy) is 1. The molecule has 3 nitrogen and oxygen atoms in total. The summed E-state index contributed by atoms with van der Waals surface area (Å²) in [6.07, 6.45) is 1.69. The van der Waals surface area contributed by atoms with Crippen LogP contribution in [0.1, 0.15) is 5.56 Å². The Kier molecular flexibility index (Phi) is 3.67. The summed E-state index contributed by atoms with van der Waals surface area (Å²) < 4.78 is 6.73. The van der Waals surface area contributed by atoms with Crippen molar-refractivity contribution in [3.05, 3.63) is 64.8 Å². The van der Waals surface area contributed by atoms with E-state index in [1.54, 1.807) is 6.20 Å². The molecule has 0 radical (unpaired) electrons. The Bertz CT molecular complexity index is 758. The number of nitrogens with zero attached hydrogens (tertiary/aromatic N) is 1. The van der Waals surface area contributed by atoms with Crippen LogP contribution in [0.25, 0.3) is 10.9 Å². The van der Waals surface area contributed by atoms with Crippen LogP contribution in [0, 0.1) is 0 Å². The minimum Gasteiger partial charge on any atom is -0.455 e. The maximum Gasteiger partial charge on any atom is 0.146 e. The van der Waals surface area contributed by atoms with E-state index in [0.29, 0.717) is 11.5 Å². The average Bonchev–Trinajstić information content (AvgIpc) is 2.49. The summed E-state index contributed by atoms with van der Waals surface area (Å²) in [6.45, 7) is -0.0736. The minimum atomic E-state index is -0.0736. The van der Waals surface area contributed by atoms with Gasteiger partial charge >= 0.3 is 0 Å². The second-order valence-electron chi connectivity index (χ2n) is 4.38. The highest BCUT2D eigenvalue weighted by Gasteiger charge is 2.06. The fourth-order valence-corrected chi connectivity index (χ4v) is 2.41. The molecule has 0 saturated carbocycles. The summed E-state index contributed by atoms with van der Waals surface area (Å²) in [5, 5.41) is 10.4. The molecule has 1 heterocycles. The number of halogens is 1. The van der Waals surface area contributed by atoms with E-state index in [2.05, 4.69) is 20.9 Å². The van der Waals surface area contributed by atoms with Gasteiger partial charge in [-0.2, -0.15) is 0 Å². The fraction of sp³-hybridized carbons (Fsp3) is 0.0625. The molecule has 1 N–H and O–H groups in total. The molecule has 0 aliphatic rings. The molecule has 1 aromatic heterocycles. The van der Waals surface area contributed by atoms with Crippen LogP contribution in [0.4, 0.5) is 0 Å². The van der Waals surface area contributed by atoms with Gasteiger partial charge in [0.05, 0.1) is 18.3 Å². The Morgan fingerprint density at radius 3 is 2.80 bits per heavy atom. The Morgan fingerprint density at radius 1 is 1.10 bits per heavy atom. The standard InChI is InChI=1S/C16H12BrNO2/c17-13-5-6-16(12(7-13)10-19)20-14-8-11-3-1-2-4-15(11)18-9-14/h1-9,19H,10H2. The second-order valence-corrected chi connectivity index (χ2v) is 5.29. The number of aromatic nitrogens is 1. The number of aliphatic hydroxyl groups is 1. The number of aliphatic hydroxyl groups excluding tert-OH is 1. The van der Waals surface area contributed by atoms with Crippen LogP contribution in [-0.2, 0) is 6.61 Å². The second kappa shape index (κ2) is 5.61. The number of hydrogen-bond acceptors (Lipinski definition) is 3. The largest absolute Gasteiger partial charge is 0.455 e. The molecule has 0 saturated heterocycles. The Balaban J connectivity index is 1.96. The molecular formula is C16H12BrNO2. The summed E-state index contributed by atoms with van der Waals surface area (Å²) in [6, 6.07) is 15.3. The summed E-state index contributed by atoms with van der Waals surface area (Å²) in [4.78, 5) is 4.35. The number of benzene rings is 2. The first-order valence-electron chi connectivity index (χ1n) is 6.18. The highest BCUT2D eigenvalue weighted by Crippen LogP contribution is 2.29. The van der Waals surface area contributed by atoms with E-state index in [9.17, 15) is 5.11 Å². The molecular weight excluding hydrogens is 318 g/mol. The lowest BCUT2D eigenvalue weighted by molar-refractivity contribution is 0.276. The highest BCUT2D eigenvalue weighted by atomic mass is 79.9. The van der Waals surface area contributed by atoms with Crippen LogP contribution < -0.4 is 4.74 Å². The molecule has 0 unspecified atom stereocenters. The first-order chi connectivity index (χ1) is 9.76. The van der Waals surface area contributed by atoms with Crippen LogP contribution in [0.2, 0.25) is 0 Å². The molecule has 100 valence electrons. The lowest BCUT2D eigenvalue weighted by atomic mass is 10.2. The smallest absolute Gasteiger partial charge is 0.146 e. The Morgan fingerprint density at radius 2 is 1.95 bits per heavy atom. The number of fused-ring (bicyclic) bond motifs is 1. The molecule has 0 fully saturated rings. The van der Waals surface area contributed by atoms with Crippen molar-refractivity contribution in [1.29, 1.82) is 0 Å². The predicted molar refractivity (Wildman–Crippen MR) is 81.9 cm³/mol. The average molecular weight is 330 g/mol. The van der Waals surface area contributed by atoms with Gasteiger partial charge in [0.1, 0.15) is 11.5 Å². The zero-order chi connectivity index (χ0) is 13.9. The third-order valence-corrected chi connectivity index (χ3v) is 3.48. The van der Waals surface area contributed by atoms with Gasteiger partial charge in [0.2, 0.25) is 0 Å². The number of rotatable bonds is 3. The minimum absolute atomic E-state index is 0.0736. The van der Waals surface area contributed by atoms with Gasteiger partial charge in [-0.15, -0.1) is 0 Å². The zero-order valence-corrected chi connectivity index (χ0v) is 12.2. The van der Waals surface area contributed by atoms with E-state index in [1.807, 2.05) is 48.5 Å². The summed E-state index contributed by atoms with van der Waals surface area (Å²) in [7, 11) is 0. The van der Waals surface area contributed by atoms with Gasteiger partial charge in [0.15, 0.2) is 0 Å². The topological polar surface area (TPSA) is 42.4 Å². The van der Waals surface area contributed by atoms with Gasteiger partial charge in [-0.05, 0) is 30.3 Å². The molecule has 3 rings (SSSR count). The van der Waals surface area contributed by atoms with Crippen molar-refractivity contribution < 1.29 is 9.84 Å². The van der Waals surface area contributed by atoms with E-state index in [0.717, 1.165) is 20.9 Å². The number of para-hydroxylation sites is 1. The molecule has 20 heavy (non-hydrogen) atoms. The van der Waals surface area contributed by atoms with Crippen LogP contribution in [0.15, 0.2) is 59.2 Å². The molecule has 0 spiro atoms. The van der Waals surface area contributed by atoms with Crippen LogP contribution in [0.5, 0.6) is 11.5 Å². The van der Waals surface area contributed by atoms with Crippen molar-refractivity contribution in [1.82, 2.24) is 4.98 Å². The summed E-state index contributed by atoms with van der Waals surface area (Å²) in [5.41, 5.74) is 1.66. The Labute approximate surface area is 125 Å². The normalized spacial score (nSPS) is 10.7. The number of pyridine rings is 1. The van der Waals surface area contributed by atoms with Crippen LogP contribution in [-0.4, -0.2) is 10.1 Å². The first kappa shape index (κ1) is 13.1. The SMILES string of the molecule is OCc1cc(Br)ccc1Oc1cnc2ccccc2c1. The van der Waals surface area contributed by atoms with E-state index in [1.165, 1.54) is 0 Å². The van der Waals surface area contributed by atoms with Crippen molar-refractivity contribution >= 4 is 26.8 Å². The molecule has 0 aliphatic heterocycles. The summed E-state index contributed by atoms with van der Waals surface area (Å²) in [5.74, 6) is 1.29. The van der Waals surface area contributed by atoms with Crippen molar-refractivity contribution in [3.8, 4) is 11.5 Å².